The third-order valence-corrected chi connectivity index (χ3v) is 5.62. The minimum Gasteiger partial charge on any atom is -0.219 e. The lowest BCUT2D eigenvalue weighted by Crippen LogP contribution is -2.02. The Kier molecular flexibility index (Phi) is 4.58. The van der Waals surface area contributed by atoms with E-state index in [2.05, 4.69) is 12.1 Å². The van der Waals surface area contributed by atoms with E-state index >= 15 is 0 Å². The van der Waals surface area contributed by atoms with Crippen LogP contribution in [0, 0.1) is 0 Å². The highest BCUT2D eigenvalue weighted by atomic mass is 32.2. The van der Waals surface area contributed by atoms with Gasteiger partial charge < -0.3 is 0 Å². The maximum absolute atomic E-state index is 12.5. The van der Waals surface area contributed by atoms with Crippen molar-refractivity contribution in [2.75, 3.05) is 0 Å². The SMILES string of the molecule is O=S(=O)(c1ccccc1)c1ccc(CCc2ccccc2)cc1. The van der Waals surface area contributed by atoms with Crippen molar-refractivity contribution in [2.45, 2.75) is 22.6 Å². The Balaban J connectivity index is 1.75. The highest BCUT2D eigenvalue weighted by molar-refractivity contribution is 7.91. The molecule has 3 aromatic rings. The molecule has 0 unspecified atom stereocenters. The average molecular weight is 322 g/mol. The van der Waals surface area contributed by atoms with E-state index in [0.717, 1.165) is 18.4 Å². The van der Waals surface area contributed by atoms with Crippen LogP contribution in [0.3, 0.4) is 0 Å². The van der Waals surface area contributed by atoms with Crippen LogP contribution in [0.4, 0.5) is 0 Å². The maximum Gasteiger partial charge on any atom is 0.206 e. The molecule has 0 bridgehead atoms. The van der Waals surface area contributed by atoms with Crippen LogP contribution in [0.25, 0.3) is 0 Å². The number of hydrogen-bond acceptors (Lipinski definition) is 2. The van der Waals surface area contributed by atoms with Gasteiger partial charge in [0.2, 0.25) is 9.84 Å². The van der Waals surface area contributed by atoms with Crippen LogP contribution in [0.5, 0.6) is 0 Å². The van der Waals surface area contributed by atoms with Crippen molar-refractivity contribution in [3.05, 3.63) is 96.1 Å². The first-order chi connectivity index (χ1) is 11.2. The number of rotatable bonds is 5. The fraction of sp³-hybridized carbons (Fsp3) is 0.100. The van der Waals surface area contributed by atoms with E-state index in [4.69, 9.17) is 0 Å². The number of hydrogen-bond donors (Lipinski definition) is 0. The van der Waals surface area contributed by atoms with E-state index < -0.39 is 9.84 Å². The van der Waals surface area contributed by atoms with E-state index in [1.165, 1.54) is 5.56 Å². The summed E-state index contributed by atoms with van der Waals surface area (Å²) in [6.45, 7) is 0. The Morgan fingerprint density at radius 2 is 0.957 bits per heavy atom. The maximum atomic E-state index is 12.5. The summed E-state index contributed by atoms with van der Waals surface area (Å²) in [5, 5.41) is 0. The van der Waals surface area contributed by atoms with Crippen LogP contribution >= 0.6 is 0 Å². The highest BCUT2D eigenvalue weighted by Gasteiger charge is 2.16. The van der Waals surface area contributed by atoms with E-state index in [-0.39, 0.29) is 0 Å². The van der Waals surface area contributed by atoms with Gasteiger partial charge in [0.15, 0.2) is 0 Å². The van der Waals surface area contributed by atoms with Crippen molar-refractivity contribution in [2.24, 2.45) is 0 Å². The molecule has 3 aromatic carbocycles. The molecule has 0 aliphatic carbocycles. The summed E-state index contributed by atoms with van der Waals surface area (Å²) in [7, 11) is -3.42. The average Bonchev–Trinajstić information content (AvgIpc) is 2.62. The molecule has 0 radical (unpaired) electrons. The van der Waals surface area contributed by atoms with Gasteiger partial charge in [-0.25, -0.2) is 8.42 Å². The molecule has 0 aliphatic rings. The molecule has 0 N–H and O–H groups in total. The first-order valence-corrected chi connectivity index (χ1v) is 9.07. The second kappa shape index (κ2) is 6.80. The molecule has 0 heterocycles. The Hall–Kier alpha value is -2.39. The van der Waals surface area contributed by atoms with Crippen molar-refractivity contribution in [1.29, 1.82) is 0 Å². The molecule has 3 rings (SSSR count). The van der Waals surface area contributed by atoms with E-state index in [1.807, 2.05) is 36.4 Å². The van der Waals surface area contributed by atoms with Gasteiger partial charge in [0, 0.05) is 0 Å². The summed E-state index contributed by atoms with van der Waals surface area (Å²) in [5.41, 5.74) is 2.43. The lowest BCUT2D eigenvalue weighted by molar-refractivity contribution is 0.596. The molecule has 23 heavy (non-hydrogen) atoms. The number of aryl methyl sites for hydroxylation is 2. The monoisotopic (exact) mass is 322 g/mol. The van der Waals surface area contributed by atoms with Crippen molar-refractivity contribution >= 4 is 9.84 Å². The van der Waals surface area contributed by atoms with Gasteiger partial charge in [-0.3, -0.25) is 0 Å². The highest BCUT2D eigenvalue weighted by Crippen LogP contribution is 2.21. The molecule has 0 fully saturated rings. The fourth-order valence-electron chi connectivity index (χ4n) is 2.50. The quantitative estimate of drug-likeness (QED) is 0.701. The van der Waals surface area contributed by atoms with Crippen LogP contribution in [0.1, 0.15) is 11.1 Å². The lowest BCUT2D eigenvalue weighted by atomic mass is 10.0. The smallest absolute Gasteiger partial charge is 0.206 e. The molecular formula is C20H18O2S. The zero-order valence-corrected chi connectivity index (χ0v) is 13.5. The third kappa shape index (κ3) is 3.69. The van der Waals surface area contributed by atoms with Crippen LogP contribution in [-0.4, -0.2) is 8.42 Å². The second-order valence-corrected chi connectivity index (χ2v) is 7.40. The predicted octanol–water partition coefficient (Wildman–Crippen LogP) is 4.30. The van der Waals surface area contributed by atoms with Gasteiger partial charge in [0.1, 0.15) is 0 Å². The van der Waals surface area contributed by atoms with Crippen molar-refractivity contribution < 1.29 is 8.42 Å². The van der Waals surface area contributed by atoms with Gasteiger partial charge in [0.05, 0.1) is 9.79 Å². The molecule has 0 aliphatic heterocycles. The van der Waals surface area contributed by atoms with Crippen molar-refractivity contribution in [1.82, 2.24) is 0 Å². The van der Waals surface area contributed by atoms with Gasteiger partial charge in [-0.2, -0.15) is 0 Å². The molecule has 0 spiro atoms. The molecule has 0 saturated heterocycles. The van der Waals surface area contributed by atoms with Gasteiger partial charge >= 0.3 is 0 Å². The first-order valence-electron chi connectivity index (χ1n) is 7.59. The summed E-state index contributed by atoms with van der Waals surface area (Å²) in [4.78, 5) is 0.671. The van der Waals surface area contributed by atoms with Crippen LogP contribution in [-0.2, 0) is 22.7 Å². The largest absolute Gasteiger partial charge is 0.219 e. The van der Waals surface area contributed by atoms with Crippen LogP contribution in [0.15, 0.2) is 94.7 Å². The minimum atomic E-state index is -3.42. The zero-order chi connectivity index (χ0) is 16.1. The van der Waals surface area contributed by atoms with E-state index in [0.29, 0.717) is 9.79 Å². The summed E-state index contributed by atoms with van der Waals surface area (Å²) < 4.78 is 25.0. The van der Waals surface area contributed by atoms with Crippen molar-refractivity contribution in [3.63, 3.8) is 0 Å². The first kappa shape index (κ1) is 15.5. The molecule has 0 atom stereocenters. The molecular weight excluding hydrogens is 304 g/mol. The Labute approximate surface area is 137 Å². The van der Waals surface area contributed by atoms with Crippen LogP contribution < -0.4 is 0 Å². The normalized spacial score (nSPS) is 11.3. The summed E-state index contributed by atoms with van der Waals surface area (Å²) >= 11 is 0. The summed E-state index contributed by atoms with van der Waals surface area (Å²) in [6, 6.07) is 26.0. The van der Waals surface area contributed by atoms with Gasteiger partial charge in [0.25, 0.3) is 0 Å². The molecule has 3 heteroatoms. The molecule has 2 nitrogen and oxygen atoms in total. The Morgan fingerprint density at radius 3 is 1.52 bits per heavy atom. The van der Waals surface area contributed by atoms with Crippen molar-refractivity contribution in [3.8, 4) is 0 Å². The summed E-state index contributed by atoms with van der Waals surface area (Å²) in [5.74, 6) is 0. The minimum absolute atomic E-state index is 0.331. The lowest BCUT2D eigenvalue weighted by Gasteiger charge is -2.06. The van der Waals surface area contributed by atoms with Gasteiger partial charge in [-0.1, -0.05) is 60.7 Å². The molecule has 116 valence electrons. The van der Waals surface area contributed by atoms with E-state index in [1.54, 1.807) is 36.4 Å². The van der Waals surface area contributed by atoms with Gasteiger partial charge in [-0.05, 0) is 48.2 Å². The molecule has 0 aromatic heterocycles. The number of sulfone groups is 1. The summed E-state index contributed by atoms with van der Waals surface area (Å²) in [6.07, 6.45) is 1.85. The zero-order valence-electron chi connectivity index (χ0n) is 12.7. The molecule has 0 amide bonds. The second-order valence-electron chi connectivity index (χ2n) is 5.45. The topological polar surface area (TPSA) is 34.1 Å². The third-order valence-electron chi connectivity index (χ3n) is 3.83. The van der Waals surface area contributed by atoms with Gasteiger partial charge in [-0.15, -0.1) is 0 Å². The van der Waals surface area contributed by atoms with E-state index in [9.17, 15) is 8.42 Å². The predicted molar refractivity (Wildman–Crippen MR) is 92.2 cm³/mol. The standard InChI is InChI=1S/C20H18O2S/c21-23(22,19-9-5-2-6-10-19)20-15-13-18(14-16-20)12-11-17-7-3-1-4-8-17/h1-10,13-16H,11-12H2. The Bertz CT molecular complexity index is 853. The molecule has 0 saturated carbocycles. The Morgan fingerprint density at radius 1 is 0.522 bits per heavy atom. The van der Waals surface area contributed by atoms with Crippen LogP contribution in [0.2, 0.25) is 0 Å². The fourth-order valence-corrected chi connectivity index (χ4v) is 3.79. The number of benzene rings is 3.